The van der Waals surface area contributed by atoms with E-state index < -0.39 is 0 Å². The van der Waals surface area contributed by atoms with Crippen molar-refractivity contribution in [2.75, 3.05) is 25.3 Å². The summed E-state index contributed by atoms with van der Waals surface area (Å²) in [6, 6.07) is 15.2. The molecular formula is C22H23N3O3S. The maximum absolute atomic E-state index is 12.2. The van der Waals surface area contributed by atoms with Crippen LogP contribution >= 0.6 is 11.8 Å². The Hall–Kier alpha value is -3.06. The van der Waals surface area contributed by atoms with Crippen LogP contribution in [0.3, 0.4) is 0 Å². The molecule has 3 rings (SSSR count). The first-order valence-corrected chi connectivity index (χ1v) is 10.0. The molecule has 150 valence electrons. The summed E-state index contributed by atoms with van der Waals surface area (Å²) in [5, 5.41) is 12.1. The molecule has 6 nitrogen and oxygen atoms in total. The molecule has 1 amide bonds. The number of ether oxygens (including phenoxy) is 2. The van der Waals surface area contributed by atoms with Gasteiger partial charge in [-0.25, -0.2) is 0 Å². The van der Waals surface area contributed by atoms with Gasteiger partial charge in [-0.15, -0.1) is 10.2 Å². The van der Waals surface area contributed by atoms with Crippen molar-refractivity contribution in [1.82, 2.24) is 10.2 Å². The van der Waals surface area contributed by atoms with Crippen LogP contribution < -0.4 is 14.8 Å². The van der Waals surface area contributed by atoms with E-state index in [2.05, 4.69) is 21.6 Å². The molecule has 0 saturated heterocycles. The van der Waals surface area contributed by atoms with Crippen LogP contribution in [0, 0.1) is 13.8 Å². The number of anilines is 1. The number of amides is 1. The highest BCUT2D eigenvalue weighted by Crippen LogP contribution is 2.32. The number of nitrogens with zero attached hydrogens (tertiary/aromatic N) is 2. The molecule has 7 heteroatoms. The van der Waals surface area contributed by atoms with Crippen LogP contribution in [0.4, 0.5) is 5.69 Å². The predicted octanol–water partition coefficient (Wildman–Crippen LogP) is 4.51. The van der Waals surface area contributed by atoms with Gasteiger partial charge in [-0.05, 0) is 61.4 Å². The van der Waals surface area contributed by atoms with Crippen molar-refractivity contribution < 1.29 is 14.3 Å². The lowest BCUT2D eigenvalue weighted by Gasteiger charge is -2.10. The summed E-state index contributed by atoms with van der Waals surface area (Å²) < 4.78 is 10.6. The molecule has 1 N–H and O–H groups in total. The zero-order valence-corrected chi connectivity index (χ0v) is 17.7. The second-order valence-electron chi connectivity index (χ2n) is 6.54. The summed E-state index contributed by atoms with van der Waals surface area (Å²) in [6.07, 6.45) is 0. The van der Waals surface area contributed by atoms with Crippen molar-refractivity contribution in [2.24, 2.45) is 0 Å². The van der Waals surface area contributed by atoms with Crippen LogP contribution in [0.15, 0.2) is 53.6 Å². The molecule has 29 heavy (non-hydrogen) atoms. The minimum Gasteiger partial charge on any atom is -0.497 e. The Kier molecular flexibility index (Phi) is 6.72. The first kappa shape index (κ1) is 20.7. The van der Waals surface area contributed by atoms with E-state index in [4.69, 9.17) is 9.47 Å². The second kappa shape index (κ2) is 9.43. The standard InChI is InChI=1S/C22H23N3O3S/c1-14-9-15(2)11-16(10-14)23-21(26)13-29-22-8-7-19(24-25-22)18-6-5-17(27-3)12-20(18)28-4/h5-12H,13H2,1-4H3,(H,23,26). The summed E-state index contributed by atoms with van der Waals surface area (Å²) >= 11 is 1.34. The molecule has 0 aliphatic carbocycles. The number of nitrogens with one attached hydrogen (secondary N) is 1. The van der Waals surface area contributed by atoms with Crippen molar-refractivity contribution in [1.29, 1.82) is 0 Å². The Balaban J connectivity index is 1.63. The lowest BCUT2D eigenvalue weighted by atomic mass is 10.1. The summed E-state index contributed by atoms with van der Waals surface area (Å²) in [4.78, 5) is 12.2. The monoisotopic (exact) mass is 409 g/mol. The number of rotatable bonds is 7. The first-order chi connectivity index (χ1) is 14.0. The number of carbonyl (C=O) groups is 1. The van der Waals surface area contributed by atoms with Crippen LogP contribution in [0.5, 0.6) is 11.5 Å². The number of methoxy groups -OCH3 is 2. The Labute approximate surface area is 174 Å². The first-order valence-electron chi connectivity index (χ1n) is 9.05. The van der Waals surface area contributed by atoms with E-state index in [0.717, 1.165) is 22.4 Å². The minimum absolute atomic E-state index is 0.0808. The maximum Gasteiger partial charge on any atom is 0.234 e. The quantitative estimate of drug-likeness (QED) is 0.579. The molecular weight excluding hydrogens is 386 g/mol. The van der Waals surface area contributed by atoms with Gasteiger partial charge in [0.25, 0.3) is 0 Å². The third-order valence-corrected chi connectivity index (χ3v) is 5.10. The van der Waals surface area contributed by atoms with Crippen molar-refractivity contribution in [3.05, 3.63) is 59.7 Å². The average molecular weight is 410 g/mol. The fourth-order valence-corrected chi connectivity index (χ4v) is 3.55. The molecule has 0 bridgehead atoms. The second-order valence-corrected chi connectivity index (χ2v) is 7.53. The lowest BCUT2D eigenvalue weighted by Crippen LogP contribution is -2.14. The molecule has 0 aliphatic heterocycles. The fraction of sp³-hybridized carbons (Fsp3) is 0.227. The molecule has 0 spiro atoms. The molecule has 0 radical (unpaired) electrons. The van der Waals surface area contributed by atoms with Gasteiger partial charge in [-0.1, -0.05) is 17.8 Å². The Morgan fingerprint density at radius 3 is 2.34 bits per heavy atom. The SMILES string of the molecule is COc1ccc(-c2ccc(SCC(=O)Nc3cc(C)cc(C)c3)nn2)c(OC)c1. The zero-order valence-electron chi connectivity index (χ0n) is 16.9. The number of benzene rings is 2. The number of hydrogen-bond donors (Lipinski definition) is 1. The van der Waals surface area contributed by atoms with Crippen LogP contribution in [-0.2, 0) is 4.79 Å². The number of hydrogen-bond acceptors (Lipinski definition) is 6. The van der Waals surface area contributed by atoms with E-state index in [9.17, 15) is 4.79 Å². The third-order valence-electron chi connectivity index (χ3n) is 4.18. The number of aryl methyl sites for hydroxylation is 2. The summed E-state index contributed by atoms with van der Waals surface area (Å²) in [7, 11) is 3.21. The van der Waals surface area contributed by atoms with Crippen molar-refractivity contribution in [2.45, 2.75) is 18.9 Å². The number of carbonyl (C=O) groups excluding carboxylic acids is 1. The van der Waals surface area contributed by atoms with Gasteiger partial charge in [0, 0.05) is 17.3 Å². The van der Waals surface area contributed by atoms with Gasteiger partial charge in [0.2, 0.25) is 5.91 Å². The Morgan fingerprint density at radius 1 is 0.966 bits per heavy atom. The van der Waals surface area contributed by atoms with Crippen LogP contribution in [0.2, 0.25) is 0 Å². The number of thioether (sulfide) groups is 1. The molecule has 1 heterocycles. The third kappa shape index (κ3) is 5.48. The van der Waals surface area contributed by atoms with Gasteiger partial charge in [0.05, 0.1) is 25.7 Å². The minimum atomic E-state index is -0.0808. The van der Waals surface area contributed by atoms with Crippen molar-refractivity contribution in [3.8, 4) is 22.8 Å². The van der Waals surface area contributed by atoms with Gasteiger partial charge in [0.1, 0.15) is 16.5 Å². The Morgan fingerprint density at radius 2 is 1.72 bits per heavy atom. The van der Waals surface area contributed by atoms with Crippen molar-refractivity contribution >= 4 is 23.4 Å². The molecule has 0 saturated carbocycles. The van der Waals surface area contributed by atoms with E-state index in [1.165, 1.54) is 11.8 Å². The topological polar surface area (TPSA) is 73.3 Å². The highest BCUT2D eigenvalue weighted by Gasteiger charge is 2.11. The van der Waals surface area contributed by atoms with Gasteiger partial charge in [-0.2, -0.15) is 0 Å². The summed E-state index contributed by atoms with van der Waals surface area (Å²) in [5.41, 5.74) is 4.55. The van der Waals surface area contributed by atoms with Crippen LogP contribution in [0.1, 0.15) is 11.1 Å². The molecule has 0 aliphatic rings. The normalized spacial score (nSPS) is 10.5. The highest BCUT2D eigenvalue weighted by atomic mass is 32.2. The summed E-state index contributed by atoms with van der Waals surface area (Å²) in [5.74, 6) is 1.54. The summed E-state index contributed by atoms with van der Waals surface area (Å²) in [6.45, 7) is 4.01. The van der Waals surface area contributed by atoms with Gasteiger partial charge in [-0.3, -0.25) is 4.79 Å². The van der Waals surface area contributed by atoms with Crippen molar-refractivity contribution in [3.63, 3.8) is 0 Å². The Bertz CT molecular complexity index is 986. The predicted molar refractivity (Wildman–Crippen MR) is 116 cm³/mol. The zero-order chi connectivity index (χ0) is 20.8. The van der Waals surface area contributed by atoms with Crippen LogP contribution in [0.25, 0.3) is 11.3 Å². The lowest BCUT2D eigenvalue weighted by molar-refractivity contribution is -0.113. The molecule has 3 aromatic rings. The smallest absolute Gasteiger partial charge is 0.234 e. The molecule has 1 aromatic heterocycles. The van der Waals surface area contributed by atoms with E-state index in [1.54, 1.807) is 20.3 Å². The van der Waals surface area contributed by atoms with Gasteiger partial charge >= 0.3 is 0 Å². The molecule has 0 atom stereocenters. The van der Waals surface area contributed by atoms with Gasteiger partial charge in [0.15, 0.2) is 0 Å². The highest BCUT2D eigenvalue weighted by molar-refractivity contribution is 7.99. The fourth-order valence-electron chi connectivity index (χ4n) is 2.93. The molecule has 2 aromatic carbocycles. The van der Waals surface area contributed by atoms with E-state index in [-0.39, 0.29) is 11.7 Å². The largest absolute Gasteiger partial charge is 0.497 e. The average Bonchev–Trinajstić information content (AvgIpc) is 2.71. The van der Waals surface area contributed by atoms with E-state index in [0.29, 0.717) is 22.2 Å². The molecule has 0 unspecified atom stereocenters. The number of aromatic nitrogens is 2. The van der Waals surface area contributed by atoms with Crippen LogP contribution in [-0.4, -0.2) is 36.1 Å². The maximum atomic E-state index is 12.2. The molecule has 0 fully saturated rings. The van der Waals surface area contributed by atoms with E-state index >= 15 is 0 Å². The van der Waals surface area contributed by atoms with Gasteiger partial charge < -0.3 is 14.8 Å². The van der Waals surface area contributed by atoms with E-state index in [1.807, 2.05) is 50.2 Å².